The Balaban J connectivity index is 2.22. The molecule has 2 aromatic rings. The standard InChI is InChI=1S/C17H15BrN2O3/c1-12(17(21)14-7-9-15(18)10-8-14)20(23)11-16(19-22)13-5-3-2-4-6-13/h2-10,22H,11H2,1H3/b19-16-,20-12-. The SMILES string of the molecule is C/C(C(=O)c1ccc(Br)cc1)=[N+](/[O-])C/C(=N/O)c1ccccc1. The molecule has 23 heavy (non-hydrogen) atoms. The summed E-state index contributed by atoms with van der Waals surface area (Å²) in [5.41, 5.74) is 1.28. The molecule has 0 bridgehead atoms. The van der Waals surface area contributed by atoms with Crippen LogP contribution in [0.4, 0.5) is 0 Å². The molecule has 0 aliphatic rings. The van der Waals surface area contributed by atoms with Gasteiger partial charge in [0, 0.05) is 22.5 Å². The summed E-state index contributed by atoms with van der Waals surface area (Å²) >= 11 is 3.29. The average Bonchev–Trinajstić information content (AvgIpc) is 2.59. The molecule has 0 saturated heterocycles. The number of carbonyl (C=O) groups is 1. The molecule has 1 N–H and O–H groups in total. The Morgan fingerprint density at radius 3 is 2.30 bits per heavy atom. The zero-order valence-electron chi connectivity index (χ0n) is 12.4. The van der Waals surface area contributed by atoms with Crippen LogP contribution in [0.3, 0.4) is 0 Å². The molecule has 0 spiro atoms. The fourth-order valence-corrected chi connectivity index (χ4v) is 2.25. The number of nitrogens with zero attached hydrogens (tertiary/aromatic N) is 2. The summed E-state index contributed by atoms with van der Waals surface area (Å²) < 4.78 is 1.39. The molecule has 0 amide bonds. The topological polar surface area (TPSA) is 75.7 Å². The van der Waals surface area contributed by atoms with Crippen LogP contribution in [-0.2, 0) is 0 Å². The van der Waals surface area contributed by atoms with E-state index >= 15 is 0 Å². The number of carbonyl (C=O) groups excluding carboxylic acids is 1. The second-order valence-corrected chi connectivity index (χ2v) is 5.79. The molecule has 0 aromatic heterocycles. The predicted octanol–water partition coefficient (Wildman–Crippen LogP) is 3.48. The number of benzene rings is 2. The van der Waals surface area contributed by atoms with Crippen molar-refractivity contribution in [1.29, 1.82) is 0 Å². The maximum atomic E-state index is 12.3. The molecule has 2 aromatic carbocycles. The fourth-order valence-electron chi connectivity index (χ4n) is 1.99. The Morgan fingerprint density at radius 2 is 1.74 bits per heavy atom. The number of hydroxylamine groups is 1. The summed E-state index contributed by atoms with van der Waals surface area (Å²) in [6, 6.07) is 15.6. The van der Waals surface area contributed by atoms with E-state index in [2.05, 4.69) is 21.1 Å². The molecule has 118 valence electrons. The summed E-state index contributed by atoms with van der Waals surface area (Å²) in [7, 11) is 0. The second-order valence-electron chi connectivity index (χ2n) is 4.87. The normalized spacial score (nSPS) is 12.7. The first-order valence-electron chi connectivity index (χ1n) is 6.87. The van der Waals surface area contributed by atoms with Crippen molar-refractivity contribution in [1.82, 2.24) is 0 Å². The van der Waals surface area contributed by atoms with E-state index in [0.717, 1.165) is 4.47 Å². The Bertz CT molecular complexity index is 753. The third-order valence-electron chi connectivity index (χ3n) is 3.33. The number of Topliss-reactive ketones (excluding diaryl/α,β-unsaturated/α-hetero) is 1. The van der Waals surface area contributed by atoms with Crippen LogP contribution in [0.25, 0.3) is 0 Å². The molecule has 0 aliphatic heterocycles. The van der Waals surface area contributed by atoms with E-state index in [4.69, 9.17) is 5.21 Å². The van der Waals surface area contributed by atoms with Crippen LogP contribution in [-0.4, -0.2) is 33.7 Å². The molecule has 0 heterocycles. The van der Waals surface area contributed by atoms with Gasteiger partial charge in [0.25, 0.3) is 5.78 Å². The Hall–Kier alpha value is -2.47. The molecule has 0 aliphatic carbocycles. The quantitative estimate of drug-likeness (QED) is 0.217. The van der Waals surface area contributed by atoms with Crippen molar-refractivity contribution in [2.75, 3.05) is 6.54 Å². The van der Waals surface area contributed by atoms with E-state index in [9.17, 15) is 10.0 Å². The van der Waals surface area contributed by atoms with Crippen LogP contribution in [0, 0.1) is 5.21 Å². The minimum atomic E-state index is -0.363. The van der Waals surface area contributed by atoms with E-state index in [1.54, 1.807) is 48.5 Å². The van der Waals surface area contributed by atoms with Gasteiger partial charge in [0.05, 0.1) is 0 Å². The highest BCUT2D eigenvalue weighted by Gasteiger charge is 2.19. The van der Waals surface area contributed by atoms with Gasteiger partial charge in [-0.05, 0) is 24.3 Å². The summed E-state index contributed by atoms with van der Waals surface area (Å²) in [5, 5.41) is 24.5. The van der Waals surface area contributed by atoms with Crippen molar-refractivity contribution in [3.05, 3.63) is 75.4 Å². The lowest BCUT2D eigenvalue weighted by Gasteiger charge is -2.09. The average molecular weight is 375 g/mol. The van der Waals surface area contributed by atoms with Crippen molar-refractivity contribution >= 4 is 33.1 Å². The molecule has 0 unspecified atom stereocenters. The third-order valence-corrected chi connectivity index (χ3v) is 3.86. The van der Waals surface area contributed by atoms with Crippen LogP contribution in [0.5, 0.6) is 0 Å². The molecule has 2 rings (SSSR count). The number of halogens is 1. The highest BCUT2D eigenvalue weighted by Crippen LogP contribution is 2.11. The number of hydrogen-bond acceptors (Lipinski definition) is 4. The van der Waals surface area contributed by atoms with Crippen LogP contribution >= 0.6 is 15.9 Å². The van der Waals surface area contributed by atoms with Gasteiger partial charge in [0.2, 0.25) is 5.71 Å². The summed E-state index contributed by atoms with van der Waals surface area (Å²) in [6.45, 7) is 1.24. The predicted molar refractivity (Wildman–Crippen MR) is 92.4 cm³/mol. The van der Waals surface area contributed by atoms with Gasteiger partial charge in [0.15, 0.2) is 12.3 Å². The van der Waals surface area contributed by atoms with Crippen molar-refractivity contribution < 1.29 is 14.7 Å². The fraction of sp³-hybridized carbons (Fsp3) is 0.118. The smallest absolute Gasteiger partial charge is 0.252 e. The van der Waals surface area contributed by atoms with Gasteiger partial charge in [0.1, 0.15) is 0 Å². The zero-order chi connectivity index (χ0) is 16.8. The Morgan fingerprint density at radius 1 is 1.13 bits per heavy atom. The summed E-state index contributed by atoms with van der Waals surface area (Å²) in [5.74, 6) is -0.363. The van der Waals surface area contributed by atoms with Gasteiger partial charge < -0.3 is 10.4 Å². The first-order valence-corrected chi connectivity index (χ1v) is 7.67. The molecule has 0 radical (unpaired) electrons. The van der Waals surface area contributed by atoms with Gasteiger partial charge in [-0.1, -0.05) is 51.4 Å². The number of hydrogen-bond donors (Lipinski definition) is 1. The lowest BCUT2D eigenvalue weighted by molar-refractivity contribution is -0.439. The molecule has 0 fully saturated rings. The number of rotatable bonds is 5. The summed E-state index contributed by atoms with van der Waals surface area (Å²) in [4.78, 5) is 12.3. The molecular weight excluding hydrogens is 360 g/mol. The van der Waals surface area contributed by atoms with Crippen LogP contribution in [0.15, 0.2) is 64.2 Å². The first kappa shape index (κ1) is 16.9. The summed E-state index contributed by atoms with van der Waals surface area (Å²) in [6.07, 6.45) is 0. The molecular formula is C17H15BrN2O3. The van der Waals surface area contributed by atoms with E-state index in [-0.39, 0.29) is 23.8 Å². The first-order chi connectivity index (χ1) is 11.0. The van der Waals surface area contributed by atoms with E-state index in [1.165, 1.54) is 6.92 Å². The monoisotopic (exact) mass is 374 g/mol. The molecule has 6 heteroatoms. The van der Waals surface area contributed by atoms with Gasteiger partial charge in [-0.15, -0.1) is 0 Å². The van der Waals surface area contributed by atoms with Gasteiger partial charge in [-0.2, -0.15) is 4.74 Å². The Labute approximate surface area is 142 Å². The van der Waals surface area contributed by atoms with Crippen molar-refractivity contribution in [2.24, 2.45) is 5.16 Å². The number of oxime groups is 1. The minimum Gasteiger partial charge on any atom is -0.623 e. The maximum absolute atomic E-state index is 12.3. The van der Waals surface area contributed by atoms with Gasteiger partial charge in [-0.25, -0.2) is 0 Å². The van der Waals surface area contributed by atoms with E-state index in [1.807, 2.05) is 6.07 Å². The van der Waals surface area contributed by atoms with Crippen molar-refractivity contribution in [3.63, 3.8) is 0 Å². The lowest BCUT2D eigenvalue weighted by atomic mass is 10.1. The van der Waals surface area contributed by atoms with E-state index < -0.39 is 0 Å². The van der Waals surface area contributed by atoms with Crippen LogP contribution in [0.2, 0.25) is 0 Å². The van der Waals surface area contributed by atoms with Crippen molar-refractivity contribution in [3.8, 4) is 0 Å². The lowest BCUT2D eigenvalue weighted by Crippen LogP contribution is -2.27. The minimum absolute atomic E-state index is 0.0319. The van der Waals surface area contributed by atoms with Crippen molar-refractivity contribution in [2.45, 2.75) is 6.92 Å². The van der Waals surface area contributed by atoms with Crippen LogP contribution < -0.4 is 0 Å². The van der Waals surface area contributed by atoms with Gasteiger partial charge >= 0.3 is 0 Å². The Kier molecular flexibility index (Phi) is 5.65. The second kappa shape index (κ2) is 7.69. The molecule has 0 saturated carbocycles. The molecule has 0 atom stereocenters. The van der Waals surface area contributed by atoms with Crippen LogP contribution in [0.1, 0.15) is 22.8 Å². The van der Waals surface area contributed by atoms with Gasteiger partial charge in [-0.3, -0.25) is 4.79 Å². The maximum Gasteiger partial charge on any atom is 0.252 e. The highest BCUT2D eigenvalue weighted by molar-refractivity contribution is 9.10. The largest absolute Gasteiger partial charge is 0.623 e. The highest BCUT2D eigenvalue weighted by atomic mass is 79.9. The molecule has 5 nitrogen and oxygen atoms in total. The van der Waals surface area contributed by atoms with E-state index in [0.29, 0.717) is 15.9 Å². The third kappa shape index (κ3) is 4.26. The zero-order valence-corrected chi connectivity index (χ0v) is 14.0. The number of ketones is 1.